The van der Waals surface area contributed by atoms with E-state index in [9.17, 15) is 4.79 Å². The number of amides is 2. The van der Waals surface area contributed by atoms with E-state index in [1.165, 1.54) is 0 Å². The van der Waals surface area contributed by atoms with E-state index in [1.54, 1.807) is 4.90 Å². The van der Waals surface area contributed by atoms with Gasteiger partial charge in [0, 0.05) is 38.8 Å². The smallest absolute Gasteiger partial charge is 0.319 e. The van der Waals surface area contributed by atoms with Crippen LogP contribution in [0.15, 0.2) is 0 Å². The van der Waals surface area contributed by atoms with Gasteiger partial charge < -0.3 is 15.1 Å². The van der Waals surface area contributed by atoms with Crippen LogP contribution in [0.1, 0.15) is 34.1 Å². The highest BCUT2D eigenvalue weighted by molar-refractivity contribution is 5.74. The number of carbonyl (C=O) groups is 1. The third-order valence-corrected chi connectivity index (χ3v) is 3.19. The third kappa shape index (κ3) is 3.87. The number of nitrogens with one attached hydrogen (secondary N) is 1. The van der Waals surface area contributed by atoms with Crippen molar-refractivity contribution in [2.45, 2.75) is 45.7 Å². The summed E-state index contributed by atoms with van der Waals surface area (Å²) in [4.78, 5) is 15.9. The topological polar surface area (TPSA) is 35.6 Å². The molecule has 0 aromatic carbocycles. The van der Waals surface area contributed by atoms with E-state index in [0.717, 1.165) is 19.5 Å². The van der Waals surface area contributed by atoms with Crippen LogP contribution in [0.5, 0.6) is 0 Å². The number of urea groups is 1. The van der Waals surface area contributed by atoms with Gasteiger partial charge in [0.25, 0.3) is 0 Å². The average Bonchev–Trinajstić information content (AvgIpc) is 2.18. The standard InChI is InChI=1S/C13H27N3O/c1-10(2)7-11-8-14-13(3,4)9-16(11)12(17)15(5)6/h10-11,14H,7-9H2,1-6H3. The molecule has 0 aromatic rings. The largest absolute Gasteiger partial charge is 0.331 e. The second-order valence-electron chi connectivity index (χ2n) is 6.35. The molecule has 0 radical (unpaired) electrons. The van der Waals surface area contributed by atoms with Crippen molar-refractivity contribution < 1.29 is 4.79 Å². The predicted octanol–water partition coefficient (Wildman–Crippen LogP) is 1.77. The van der Waals surface area contributed by atoms with E-state index >= 15 is 0 Å². The van der Waals surface area contributed by atoms with Gasteiger partial charge >= 0.3 is 6.03 Å². The van der Waals surface area contributed by atoms with Crippen LogP contribution in [-0.4, -0.2) is 54.6 Å². The summed E-state index contributed by atoms with van der Waals surface area (Å²) in [6.45, 7) is 10.4. The molecule has 1 atom stereocenters. The highest BCUT2D eigenvalue weighted by Gasteiger charge is 2.35. The van der Waals surface area contributed by atoms with Crippen LogP contribution in [-0.2, 0) is 0 Å². The zero-order valence-corrected chi connectivity index (χ0v) is 12.1. The second kappa shape index (κ2) is 5.25. The van der Waals surface area contributed by atoms with E-state index in [0.29, 0.717) is 12.0 Å². The molecule has 0 bridgehead atoms. The maximum atomic E-state index is 12.2. The van der Waals surface area contributed by atoms with Gasteiger partial charge in [-0.1, -0.05) is 13.8 Å². The Balaban J connectivity index is 2.78. The van der Waals surface area contributed by atoms with E-state index in [1.807, 2.05) is 19.0 Å². The minimum atomic E-state index is 0.0130. The van der Waals surface area contributed by atoms with Crippen LogP contribution in [0.2, 0.25) is 0 Å². The predicted molar refractivity (Wildman–Crippen MR) is 71.1 cm³/mol. The highest BCUT2D eigenvalue weighted by Crippen LogP contribution is 2.21. The maximum Gasteiger partial charge on any atom is 0.319 e. The summed E-state index contributed by atoms with van der Waals surface area (Å²) in [5, 5.41) is 3.53. The number of piperazine rings is 1. The SMILES string of the molecule is CC(C)CC1CNC(C)(C)CN1C(=O)N(C)C. The fourth-order valence-corrected chi connectivity index (χ4v) is 2.35. The molecular formula is C13H27N3O. The van der Waals surface area contributed by atoms with Gasteiger partial charge in [-0.15, -0.1) is 0 Å². The van der Waals surface area contributed by atoms with Crippen molar-refractivity contribution in [3.8, 4) is 0 Å². The summed E-state index contributed by atoms with van der Waals surface area (Å²) in [7, 11) is 3.65. The van der Waals surface area contributed by atoms with Crippen LogP contribution >= 0.6 is 0 Å². The Morgan fingerprint density at radius 2 is 2.06 bits per heavy atom. The molecule has 1 unspecified atom stereocenters. The fourth-order valence-electron chi connectivity index (χ4n) is 2.35. The molecule has 100 valence electrons. The van der Waals surface area contributed by atoms with E-state index in [4.69, 9.17) is 0 Å². The Morgan fingerprint density at radius 1 is 1.47 bits per heavy atom. The van der Waals surface area contributed by atoms with Crippen LogP contribution in [0.4, 0.5) is 4.79 Å². The van der Waals surface area contributed by atoms with Crippen molar-refractivity contribution in [2.24, 2.45) is 5.92 Å². The average molecular weight is 241 g/mol. The summed E-state index contributed by atoms with van der Waals surface area (Å²) >= 11 is 0. The first-order valence-corrected chi connectivity index (χ1v) is 6.46. The first-order valence-electron chi connectivity index (χ1n) is 6.46. The van der Waals surface area contributed by atoms with Crippen molar-refractivity contribution in [2.75, 3.05) is 27.2 Å². The maximum absolute atomic E-state index is 12.2. The Morgan fingerprint density at radius 3 is 2.53 bits per heavy atom. The molecule has 1 aliphatic heterocycles. The lowest BCUT2D eigenvalue weighted by molar-refractivity contribution is 0.0886. The van der Waals surface area contributed by atoms with Crippen molar-refractivity contribution in [3.05, 3.63) is 0 Å². The molecule has 1 heterocycles. The minimum absolute atomic E-state index is 0.0130. The van der Waals surface area contributed by atoms with Gasteiger partial charge in [0.05, 0.1) is 0 Å². The molecule has 1 rings (SSSR count). The van der Waals surface area contributed by atoms with Gasteiger partial charge in [0.15, 0.2) is 0 Å². The lowest BCUT2D eigenvalue weighted by atomic mass is 9.94. The van der Waals surface area contributed by atoms with Crippen LogP contribution in [0.3, 0.4) is 0 Å². The Kier molecular flexibility index (Phi) is 4.42. The zero-order chi connectivity index (χ0) is 13.2. The van der Waals surface area contributed by atoms with Gasteiger partial charge in [-0.3, -0.25) is 0 Å². The highest BCUT2D eigenvalue weighted by atomic mass is 16.2. The summed E-state index contributed by atoms with van der Waals surface area (Å²) in [5.74, 6) is 0.612. The number of carbonyl (C=O) groups excluding carboxylic acids is 1. The molecule has 0 spiro atoms. The van der Waals surface area contributed by atoms with Crippen LogP contribution < -0.4 is 5.32 Å². The lowest BCUT2D eigenvalue weighted by Crippen LogP contribution is -2.64. The first kappa shape index (κ1) is 14.3. The molecule has 1 N–H and O–H groups in total. The summed E-state index contributed by atoms with van der Waals surface area (Å²) in [5.41, 5.74) is 0.0130. The molecule has 1 fully saturated rings. The molecule has 17 heavy (non-hydrogen) atoms. The summed E-state index contributed by atoms with van der Waals surface area (Å²) in [6, 6.07) is 0.447. The van der Waals surface area contributed by atoms with Gasteiger partial charge in [-0.25, -0.2) is 4.79 Å². The van der Waals surface area contributed by atoms with Gasteiger partial charge in [-0.05, 0) is 26.2 Å². The number of rotatable bonds is 2. The molecule has 0 aromatic heterocycles. The van der Waals surface area contributed by atoms with Crippen molar-refractivity contribution in [3.63, 3.8) is 0 Å². The quantitative estimate of drug-likeness (QED) is 0.799. The summed E-state index contributed by atoms with van der Waals surface area (Å²) in [6.07, 6.45) is 1.06. The second-order valence-corrected chi connectivity index (χ2v) is 6.35. The van der Waals surface area contributed by atoms with Crippen molar-refractivity contribution in [1.82, 2.24) is 15.1 Å². The van der Waals surface area contributed by atoms with Crippen molar-refractivity contribution >= 4 is 6.03 Å². The van der Waals surface area contributed by atoms with Crippen LogP contribution in [0, 0.1) is 5.92 Å². The van der Waals surface area contributed by atoms with Crippen molar-refractivity contribution in [1.29, 1.82) is 0 Å². The summed E-state index contributed by atoms with van der Waals surface area (Å²) < 4.78 is 0. The Hall–Kier alpha value is -0.770. The molecule has 2 amide bonds. The third-order valence-electron chi connectivity index (χ3n) is 3.19. The number of hydrogen-bond acceptors (Lipinski definition) is 2. The van der Waals surface area contributed by atoms with Crippen LogP contribution in [0.25, 0.3) is 0 Å². The number of nitrogens with zero attached hydrogens (tertiary/aromatic N) is 2. The molecule has 1 saturated heterocycles. The minimum Gasteiger partial charge on any atom is -0.331 e. The normalized spacial score (nSPS) is 23.9. The van der Waals surface area contributed by atoms with Gasteiger partial charge in [-0.2, -0.15) is 0 Å². The first-order chi connectivity index (χ1) is 7.73. The Bertz CT molecular complexity index is 274. The molecule has 4 nitrogen and oxygen atoms in total. The van der Waals surface area contributed by atoms with Gasteiger partial charge in [0.1, 0.15) is 0 Å². The van der Waals surface area contributed by atoms with E-state index in [2.05, 4.69) is 33.0 Å². The molecule has 0 aliphatic carbocycles. The van der Waals surface area contributed by atoms with E-state index < -0.39 is 0 Å². The Labute approximate surface area is 105 Å². The van der Waals surface area contributed by atoms with E-state index in [-0.39, 0.29) is 11.6 Å². The number of hydrogen-bond donors (Lipinski definition) is 1. The molecule has 0 saturated carbocycles. The van der Waals surface area contributed by atoms with Gasteiger partial charge in [0.2, 0.25) is 0 Å². The molecular weight excluding hydrogens is 214 g/mol. The lowest BCUT2D eigenvalue weighted by Gasteiger charge is -2.45. The monoisotopic (exact) mass is 241 g/mol. The molecule has 1 aliphatic rings. The fraction of sp³-hybridized carbons (Fsp3) is 0.923. The zero-order valence-electron chi connectivity index (χ0n) is 12.1. The molecule has 4 heteroatoms.